The summed E-state index contributed by atoms with van der Waals surface area (Å²) < 4.78 is 22.1. The van der Waals surface area contributed by atoms with Gasteiger partial charge in [-0.1, -0.05) is 24.3 Å². The van der Waals surface area contributed by atoms with Crippen LogP contribution >= 0.6 is 0 Å². The number of Topliss-reactive ketones (excluding diaryl/α,β-unsaturated/α-hetero) is 1. The van der Waals surface area contributed by atoms with Gasteiger partial charge in [-0.15, -0.1) is 0 Å². The van der Waals surface area contributed by atoms with Crippen molar-refractivity contribution in [2.45, 2.75) is 13.3 Å². The quantitative estimate of drug-likeness (QED) is 0.712. The zero-order valence-electron chi connectivity index (χ0n) is 11.7. The Morgan fingerprint density at radius 3 is 2.42 bits per heavy atom. The lowest BCUT2D eigenvalue weighted by Gasteiger charge is -2.15. The Bertz CT molecular complexity index is 537. The number of benzene rings is 1. The molecule has 0 atom stereocenters. The first-order chi connectivity index (χ1) is 8.79. The van der Waals surface area contributed by atoms with E-state index in [0.29, 0.717) is 19.5 Å². The Balaban J connectivity index is 2.45. The molecule has 0 saturated heterocycles. The van der Waals surface area contributed by atoms with Crippen LogP contribution in [0.5, 0.6) is 0 Å². The molecule has 0 saturated carbocycles. The summed E-state index contributed by atoms with van der Waals surface area (Å²) in [5, 5.41) is 0. The van der Waals surface area contributed by atoms with E-state index in [1.54, 1.807) is 0 Å². The summed E-state index contributed by atoms with van der Waals surface area (Å²) in [5.74, 6) is 0.228. The van der Waals surface area contributed by atoms with Crippen LogP contribution in [0.3, 0.4) is 0 Å². The van der Waals surface area contributed by atoms with Crippen molar-refractivity contribution in [1.82, 2.24) is 4.90 Å². The fourth-order valence-electron chi connectivity index (χ4n) is 1.75. The zero-order chi connectivity index (χ0) is 14.5. The lowest BCUT2D eigenvalue weighted by molar-refractivity contribution is 0.0969. The van der Waals surface area contributed by atoms with Gasteiger partial charge in [0.25, 0.3) is 0 Å². The highest BCUT2D eigenvalue weighted by atomic mass is 32.2. The van der Waals surface area contributed by atoms with E-state index in [0.717, 1.165) is 11.1 Å². The van der Waals surface area contributed by atoms with Crippen LogP contribution in [0.2, 0.25) is 0 Å². The second kappa shape index (κ2) is 6.82. The predicted molar refractivity (Wildman–Crippen MR) is 77.3 cm³/mol. The molecule has 106 valence electrons. The van der Waals surface area contributed by atoms with E-state index in [4.69, 9.17) is 0 Å². The molecule has 0 fully saturated rings. The maximum atomic E-state index is 12.0. The molecule has 0 spiro atoms. The number of carbonyl (C=O) groups is 1. The van der Waals surface area contributed by atoms with Crippen LogP contribution in [0.4, 0.5) is 0 Å². The summed E-state index contributed by atoms with van der Waals surface area (Å²) in [4.78, 5) is 13.9. The third-order valence-corrected chi connectivity index (χ3v) is 3.93. The van der Waals surface area contributed by atoms with Gasteiger partial charge in [-0.25, -0.2) is 8.42 Å². The van der Waals surface area contributed by atoms with Crippen LogP contribution in [0, 0.1) is 6.92 Å². The Hall–Kier alpha value is -1.20. The second-order valence-electron chi connectivity index (χ2n) is 4.92. The first kappa shape index (κ1) is 15.9. The molecule has 0 amide bonds. The average Bonchev–Trinajstić information content (AvgIpc) is 2.33. The number of aryl methyl sites for hydroxylation is 1. The molecule has 1 aromatic rings. The topological polar surface area (TPSA) is 54.5 Å². The minimum absolute atomic E-state index is 0.101. The van der Waals surface area contributed by atoms with Crippen molar-refractivity contribution in [1.29, 1.82) is 0 Å². The molecule has 0 heterocycles. The maximum absolute atomic E-state index is 12.0. The van der Waals surface area contributed by atoms with E-state index in [2.05, 4.69) is 0 Å². The van der Waals surface area contributed by atoms with Gasteiger partial charge in [0.05, 0.1) is 5.75 Å². The summed E-state index contributed by atoms with van der Waals surface area (Å²) >= 11 is 0. The van der Waals surface area contributed by atoms with Gasteiger partial charge < -0.3 is 4.90 Å². The molecule has 0 aromatic heterocycles. The maximum Gasteiger partial charge on any atom is 0.164 e. The minimum Gasteiger partial charge on any atom is -0.305 e. The van der Waals surface area contributed by atoms with Gasteiger partial charge in [-0.2, -0.15) is 0 Å². The Morgan fingerprint density at radius 2 is 1.84 bits per heavy atom. The fraction of sp³-hybridized carbons (Fsp3) is 0.500. The van der Waals surface area contributed by atoms with Crippen molar-refractivity contribution in [3.63, 3.8) is 0 Å². The van der Waals surface area contributed by atoms with E-state index in [1.807, 2.05) is 43.1 Å². The lowest BCUT2D eigenvalue weighted by Crippen LogP contribution is -2.27. The monoisotopic (exact) mass is 283 g/mol. The smallest absolute Gasteiger partial charge is 0.164 e. The zero-order valence-corrected chi connectivity index (χ0v) is 12.5. The highest BCUT2D eigenvalue weighted by Gasteiger charge is 2.10. The Morgan fingerprint density at radius 1 is 1.21 bits per heavy atom. The van der Waals surface area contributed by atoms with Gasteiger partial charge in [0, 0.05) is 31.3 Å². The van der Waals surface area contributed by atoms with E-state index < -0.39 is 9.84 Å². The Labute approximate surface area is 115 Å². The van der Waals surface area contributed by atoms with Crippen LogP contribution in [0.25, 0.3) is 0 Å². The van der Waals surface area contributed by atoms with Crippen molar-refractivity contribution in [2.75, 3.05) is 32.1 Å². The summed E-state index contributed by atoms with van der Waals surface area (Å²) in [7, 11) is -1.11. The molecule has 1 aromatic carbocycles. The van der Waals surface area contributed by atoms with Crippen LogP contribution < -0.4 is 0 Å². The second-order valence-corrected chi connectivity index (χ2v) is 7.18. The van der Waals surface area contributed by atoms with Crippen LogP contribution in [0.15, 0.2) is 24.3 Å². The molecule has 0 bridgehead atoms. The van der Waals surface area contributed by atoms with Crippen LogP contribution in [0.1, 0.15) is 22.3 Å². The van der Waals surface area contributed by atoms with Crippen molar-refractivity contribution in [3.05, 3.63) is 35.4 Å². The van der Waals surface area contributed by atoms with E-state index in [9.17, 15) is 13.2 Å². The van der Waals surface area contributed by atoms with Crippen LogP contribution in [-0.4, -0.2) is 51.2 Å². The van der Waals surface area contributed by atoms with Crippen molar-refractivity contribution in [3.8, 4) is 0 Å². The number of hydrogen-bond acceptors (Lipinski definition) is 4. The molecule has 0 aliphatic heterocycles. The molecule has 5 heteroatoms. The standard InChI is InChI=1S/C14H21NO3S/c1-12-6-4-5-7-13(12)14(16)8-9-15(2)10-11-19(3,17)18/h4-7H,8-11H2,1-3H3. The largest absolute Gasteiger partial charge is 0.305 e. The average molecular weight is 283 g/mol. The third-order valence-electron chi connectivity index (χ3n) is 3.01. The van der Waals surface area contributed by atoms with Gasteiger partial charge in [-0.05, 0) is 19.5 Å². The number of nitrogens with zero attached hydrogens (tertiary/aromatic N) is 1. The summed E-state index contributed by atoms with van der Waals surface area (Å²) in [6, 6.07) is 7.51. The first-order valence-electron chi connectivity index (χ1n) is 6.24. The normalized spacial score (nSPS) is 11.8. The van der Waals surface area contributed by atoms with Gasteiger partial charge in [0.1, 0.15) is 9.84 Å². The summed E-state index contributed by atoms with van der Waals surface area (Å²) in [6.07, 6.45) is 1.63. The number of ketones is 1. The van der Waals surface area contributed by atoms with E-state index >= 15 is 0 Å². The lowest BCUT2D eigenvalue weighted by atomic mass is 10.0. The third kappa shape index (κ3) is 5.98. The molecule has 0 aliphatic carbocycles. The molecule has 0 aliphatic rings. The molecule has 0 N–H and O–H groups in total. The predicted octanol–water partition coefficient (Wildman–Crippen LogP) is 1.54. The Kier molecular flexibility index (Phi) is 5.69. The highest BCUT2D eigenvalue weighted by Crippen LogP contribution is 2.10. The molecular formula is C14H21NO3S. The van der Waals surface area contributed by atoms with Gasteiger partial charge >= 0.3 is 0 Å². The van der Waals surface area contributed by atoms with Gasteiger partial charge in [0.2, 0.25) is 0 Å². The molecular weight excluding hydrogens is 262 g/mol. The number of sulfone groups is 1. The van der Waals surface area contributed by atoms with E-state index in [1.165, 1.54) is 6.26 Å². The summed E-state index contributed by atoms with van der Waals surface area (Å²) in [6.45, 7) is 2.95. The minimum atomic E-state index is -2.94. The first-order valence-corrected chi connectivity index (χ1v) is 8.31. The van der Waals surface area contributed by atoms with E-state index in [-0.39, 0.29) is 11.5 Å². The SMILES string of the molecule is Cc1ccccc1C(=O)CCN(C)CCS(C)(=O)=O. The highest BCUT2D eigenvalue weighted by molar-refractivity contribution is 7.90. The summed E-state index contributed by atoms with van der Waals surface area (Å²) in [5.41, 5.74) is 1.73. The molecule has 0 unspecified atom stereocenters. The van der Waals surface area contributed by atoms with Crippen LogP contribution in [-0.2, 0) is 9.84 Å². The van der Waals surface area contributed by atoms with Crippen molar-refractivity contribution in [2.24, 2.45) is 0 Å². The molecule has 19 heavy (non-hydrogen) atoms. The van der Waals surface area contributed by atoms with Crippen molar-refractivity contribution < 1.29 is 13.2 Å². The number of hydrogen-bond donors (Lipinski definition) is 0. The molecule has 0 radical (unpaired) electrons. The molecule has 1 rings (SSSR count). The number of carbonyl (C=O) groups excluding carboxylic acids is 1. The van der Waals surface area contributed by atoms with Gasteiger partial charge in [0.15, 0.2) is 5.78 Å². The fourth-order valence-corrected chi connectivity index (χ4v) is 2.39. The van der Waals surface area contributed by atoms with Gasteiger partial charge in [-0.3, -0.25) is 4.79 Å². The van der Waals surface area contributed by atoms with Crippen molar-refractivity contribution >= 4 is 15.6 Å². The molecule has 4 nitrogen and oxygen atoms in total. The number of rotatable bonds is 7.